The van der Waals surface area contributed by atoms with Gasteiger partial charge in [0.1, 0.15) is 17.3 Å². The number of likely N-dealkylation sites (N-methyl/N-ethyl adjacent to an activating group) is 1. The third kappa shape index (κ3) is 5.16. The Kier molecular flexibility index (Phi) is 6.86. The molecule has 0 saturated heterocycles. The zero-order chi connectivity index (χ0) is 26.8. The molecule has 1 aliphatic heterocycles. The number of rotatable bonds is 7. The summed E-state index contributed by atoms with van der Waals surface area (Å²) in [6.07, 6.45) is 0. The van der Waals surface area contributed by atoms with E-state index in [0.29, 0.717) is 18.3 Å². The molecule has 0 aliphatic carbocycles. The molecule has 39 heavy (non-hydrogen) atoms. The van der Waals surface area contributed by atoms with Crippen molar-refractivity contribution in [3.63, 3.8) is 0 Å². The largest absolute Gasteiger partial charge is 0.497 e. The normalized spacial score (nSPS) is 15.1. The van der Waals surface area contributed by atoms with Crippen LogP contribution in [0, 0.1) is 0 Å². The van der Waals surface area contributed by atoms with Crippen LogP contribution in [0.1, 0.15) is 28.2 Å². The fraction of sp³-hybridized carbons (Fsp3) is 0.212. The van der Waals surface area contributed by atoms with E-state index in [-0.39, 0.29) is 0 Å². The Morgan fingerprint density at radius 1 is 0.846 bits per heavy atom. The Balaban J connectivity index is 1.21. The highest BCUT2D eigenvalue weighted by atomic mass is 16.5. The number of hydrogen-bond acceptors (Lipinski definition) is 6. The maximum absolute atomic E-state index is 5.50. The van der Waals surface area contributed by atoms with E-state index < -0.39 is 0 Å². The lowest BCUT2D eigenvalue weighted by molar-refractivity contribution is 0.295. The van der Waals surface area contributed by atoms with Crippen molar-refractivity contribution in [2.45, 2.75) is 19.0 Å². The van der Waals surface area contributed by atoms with Crippen LogP contribution in [0.2, 0.25) is 0 Å². The van der Waals surface area contributed by atoms with Crippen molar-refractivity contribution in [2.24, 2.45) is 0 Å². The van der Waals surface area contributed by atoms with Gasteiger partial charge in [-0.05, 0) is 64.8 Å². The minimum Gasteiger partial charge on any atom is -0.497 e. The topological polar surface area (TPSA) is 59.5 Å². The van der Waals surface area contributed by atoms with Crippen molar-refractivity contribution in [1.29, 1.82) is 0 Å². The molecular formula is C33H32N4O2. The van der Waals surface area contributed by atoms with Crippen LogP contribution >= 0.6 is 0 Å². The molecule has 1 atom stereocenters. The van der Waals surface area contributed by atoms with Crippen LogP contribution in [-0.4, -0.2) is 42.9 Å². The lowest BCUT2D eigenvalue weighted by atomic mass is 9.83. The molecule has 0 unspecified atom stereocenters. The van der Waals surface area contributed by atoms with Gasteiger partial charge in [-0.15, -0.1) is 10.2 Å². The average Bonchev–Trinajstić information content (AvgIpc) is 2.99. The number of nitrogens with one attached hydrogen (secondary N) is 1. The van der Waals surface area contributed by atoms with Crippen LogP contribution in [-0.2, 0) is 13.1 Å². The molecule has 2 heterocycles. The molecule has 1 aliphatic rings. The van der Waals surface area contributed by atoms with Crippen LogP contribution in [0.5, 0.6) is 11.5 Å². The molecule has 0 fully saturated rings. The van der Waals surface area contributed by atoms with Gasteiger partial charge < -0.3 is 19.7 Å². The molecule has 1 N–H and O–H groups in total. The highest BCUT2D eigenvalue weighted by Gasteiger charge is 2.25. The Labute approximate surface area is 229 Å². The van der Waals surface area contributed by atoms with Crippen LogP contribution < -0.4 is 14.8 Å². The van der Waals surface area contributed by atoms with Gasteiger partial charge in [0.05, 0.1) is 19.9 Å². The molecule has 196 valence electrons. The minimum atomic E-state index is 0.338. The standard InChI is InChI=1S/C33H32N4O2/c1-37-20-27-17-25(11-13-29(27)30(21-37)24-9-8-22-6-4-5-7-23(22)16-24)31-14-15-33(36-35-31)34-19-26-10-12-28(38-2)18-32(26)39-3/h4-18,30H,19-21H2,1-3H3,(H,34,36)/t30-/m0/s1. The molecular weight excluding hydrogens is 484 g/mol. The maximum Gasteiger partial charge on any atom is 0.148 e. The third-order valence-corrected chi connectivity index (χ3v) is 7.54. The van der Waals surface area contributed by atoms with Gasteiger partial charge in [0.15, 0.2) is 0 Å². The lowest BCUT2D eigenvalue weighted by Gasteiger charge is -2.33. The van der Waals surface area contributed by atoms with Gasteiger partial charge in [-0.2, -0.15) is 0 Å². The van der Waals surface area contributed by atoms with E-state index in [4.69, 9.17) is 9.47 Å². The van der Waals surface area contributed by atoms with E-state index in [2.05, 4.69) is 88.1 Å². The summed E-state index contributed by atoms with van der Waals surface area (Å²) in [5.74, 6) is 2.59. The molecule has 6 nitrogen and oxygen atoms in total. The molecule has 0 amide bonds. The van der Waals surface area contributed by atoms with Crippen LogP contribution in [0.25, 0.3) is 22.0 Å². The number of methoxy groups -OCH3 is 2. The van der Waals surface area contributed by atoms with Gasteiger partial charge in [-0.3, -0.25) is 0 Å². The SMILES string of the molecule is COc1ccc(CNc2ccc(-c3ccc4c(c3)CN(C)C[C@H]4c3ccc4ccccc4c3)nn2)c(OC)c1. The summed E-state index contributed by atoms with van der Waals surface area (Å²) < 4.78 is 10.8. The summed E-state index contributed by atoms with van der Waals surface area (Å²) >= 11 is 0. The predicted molar refractivity (Wildman–Crippen MR) is 156 cm³/mol. The second-order valence-electron chi connectivity index (χ2n) is 10.1. The summed E-state index contributed by atoms with van der Waals surface area (Å²) in [6.45, 7) is 2.50. The predicted octanol–water partition coefficient (Wildman–Crippen LogP) is 6.50. The van der Waals surface area contributed by atoms with Crippen LogP contribution in [0.15, 0.2) is 91.0 Å². The second-order valence-corrected chi connectivity index (χ2v) is 10.1. The van der Waals surface area contributed by atoms with E-state index in [1.165, 1.54) is 27.5 Å². The van der Waals surface area contributed by atoms with E-state index in [1.54, 1.807) is 14.2 Å². The maximum atomic E-state index is 5.50. The molecule has 0 radical (unpaired) electrons. The first-order valence-corrected chi connectivity index (χ1v) is 13.2. The Bertz CT molecular complexity index is 1620. The molecule has 4 aromatic carbocycles. The van der Waals surface area contributed by atoms with Gasteiger partial charge in [0, 0.05) is 42.7 Å². The van der Waals surface area contributed by atoms with E-state index >= 15 is 0 Å². The van der Waals surface area contributed by atoms with Gasteiger partial charge in [0.2, 0.25) is 0 Å². The number of hydrogen-bond donors (Lipinski definition) is 1. The molecule has 0 bridgehead atoms. The Morgan fingerprint density at radius 3 is 2.51 bits per heavy atom. The van der Waals surface area contributed by atoms with Crippen molar-refractivity contribution in [2.75, 3.05) is 33.1 Å². The first kappa shape index (κ1) is 24.9. The van der Waals surface area contributed by atoms with Crippen molar-refractivity contribution in [3.05, 3.63) is 113 Å². The fourth-order valence-electron chi connectivity index (χ4n) is 5.48. The van der Waals surface area contributed by atoms with Crippen molar-refractivity contribution in [1.82, 2.24) is 15.1 Å². The van der Waals surface area contributed by atoms with E-state index in [1.807, 2.05) is 30.3 Å². The number of aromatic nitrogens is 2. The zero-order valence-electron chi connectivity index (χ0n) is 22.5. The Hall–Kier alpha value is -4.42. The summed E-state index contributed by atoms with van der Waals surface area (Å²) in [4.78, 5) is 2.40. The molecule has 0 spiro atoms. The van der Waals surface area contributed by atoms with E-state index in [0.717, 1.165) is 41.4 Å². The minimum absolute atomic E-state index is 0.338. The van der Waals surface area contributed by atoms with Gasteiger partial charge in [-0.25, -0.2) is 0 Å². The summed E-state index contributed by atoms with van der Waals surface area (Å²) in [7, 11) is 5.50. The number of benzene rings is 4. The Morgan fingerprint density at radius 2 is 1.72 bits per heavy atom. The number of fused-ring (bicyclic) bond motifs is 2. The second kappa shape index (κ2) is 10.8. The van der Waals surface area contributed by atoms with Crippen molar-refractivity contribution in [3.8, 4) is 22.8 Å². The van der Waals surface area contributed by atoms with Crippen LogP contribution in [0.4, 0.5) is 5.82 Å². The first-order valence-electron chi connectivity index (χ1n) is 13.2. The summed E-state index contributed by atoms with van der Waals surface area (Å²) in [5.41, 5.74) is 7.06. The van der Waals surface area contributed by atoms with E-state index in [9.17, 15) is 0 Å². The zero-order valence-corrected chi connectivity index (χ0v) is 22.5. The molecule has 1 aromatic heterocycles. The van der Waals surface area contributed by atoms with Gasteiger partial charge >= 0.3 is 0 Å². The smallest absolute Gasteiger partial charge is 0.148 e. The number of nitrogens with zero attached hydrogens (tertiary/aromatic N) is 3. The molecule has 6 rings (SSSR count). The number of ether oxygens (including phenoxy) is 2. The fourth-order valence-corrected chi connectivity index (χ4v) is 5.48. The molecule has 5 aromatic rings. The van der Waals surface area contributed by atoms with Crippen molar-refractivity contribution < 1.29 is 9.47 Å². The average molecular weight is 517 g/mol. The molecule has 0 saturated carbocycles. The number of anilines is 1. The summed E-state index contributed by atoms with van der Waals surface area (Å²) in [5, 5.41) is 14.9. The first-order chi connectivity index (χ1) is 19.1. The van der Waals surface area contributed by atoms with Crippen LogP contribution in [0.3, 0.4) is 0 Å². The van der Waals surface area contributed by atoms with Gasteiger partial charge in [-0.1, -0.05) is 54.6 Å². The highest BCUT2D eigenvalue weighted by Crippen LogP contribution is 2.36. The van der Waals surface area contributed by atoms with Gasteiger partial charge in [0.25, 0.3) is 0 Å². The highest BCUT2D eigenvalue weighted by molar-refractivity contribution is 5.83. The third-order valence-electron chi connectivity index (χ3n) is 7.54. The molecule has 6 heteroatoms. The van der Waals surface area contributed by atoms with Crippen molar-refractivity contribution >= 4 is 16.6 Å². The summed E-state index contributed by atoms with van der Waals surface area (Å²) in [6, 6.07) is 32.0. The monoisotopic (exact) mass is 516 g/mol. The quantitative estimate of drug-likeness (QED) is 0.266. The lowest BCUT2D eigenvalue weighted by Crippen LogP contribution is -2.31.